The van der Waals surface area contributed by atoms with Gasteiger partial charge in [-0.2, -0.15) is 0 Å². The molecule has 1 aromatic rings. The minimum absolute atomic E-state index is 0.00521. The number of sulfonamides is 1. The lowest BCUT2D eigenvalue weighted by Gasteiger charge is -2.27. The van der Waals surface area contributed by atoms with Crippen molar-refractivity contribution in [3.05, 3.63) is 15.8 Å². The summed E-state index contributed by atoms with van der Waals surface area (Å²) in [5.74, 6) is 0. The lowest BCUT2D eigenvalue weighted by atomic mass is 9.88. The monoisotopic (exact) mass is 303 g/mol. The quantitative estimate of drug-likeness (QED) is 0.897. The Kier molecular flexibility index (Phi) is 4.07. The molecule has 0 amide bonds. The van der Waals surface area contributed by atoms with Gasteiger partial charge in [-0.05, 0) is 31.2 Å². The molecule has 1 fully saturated rings. The Bertz CT molecular complexity index is 560. The molecule has 1 atom stereocenters. The number of hydrogen-bond acceptors (Lipinski definition) is 4. The maximum absolute atomic E-state index is 12.4. The fraction of sp³-hybridized carbons (Fsp3) is 0.692. The summed E-state index contributed by atoms with van der Waals surface area (Å²) in [5, 5.41) is 9.10. The van der Waals surface area contributed by atoms with E-state index in [4.69, 9.17) is 5.11 Å². The molecule has 1 aliphatic carbocycles. The Morgan fingerprint density at radius 3 is 2.68 bits per heavy atom. The highest BCUT2D eigenvalue weighted by molar-refractivity contribution is 7.89. The molecule has 19 heavy (non-hydrogen) atoms. The Hall–Kier alpha value is -0.430. The average molecular weight is 303 g/mol. The van der Waals surface area contributed by atoms with Crippen LogP contribution in [0, 0.1) is 12.3 Å². The first-order valence-corrected chi connectivity index (χ1v) is 8.79. The summed E-state index contributed by atoms with van der Waals surface area (Å²) >= 11 is 1.33. The highest BCUT2D eigenvalue weighted by atomic mass is 32.2. The fourth-order valence-electron chi connectivity index (χ4n) is 2.66. The molecule has 1 heterocycles. The zero-order chi connectivity index (χ0) is 14.3. The van der Waals surface area contributed by atoms with Crippen LogP contribution in [0.3, 0.4) is 0 Å². The van der Waals surface area contributed by atoms with Crippen molar-refractivity contribution in [1.82, 2.24) is 4.72 Å². The molecule has 0 saturated heterocycles. The molecule has 0 bridgehead atoms. The summed E-state index contributed by atoms with van der Waals surface area (Å²) in [6, 6.07) is 1.57. The molecule has 0 spiro atoms. The van der Waals surface area contributed by atoms with Gasteiger partial charge in [0.05, 0.1) is 11.5 Å². The zero-order valence-electron chi connectivity index (χ0n) is 11.6. The van der Waals surface area contributed by atoms with Crippen molar-refractivity contribution in [2.75, 3.05) is 0 Å². The second kappa shape index (κ2) is 5.16. The summed E-state index contributed by atoms with van der Waals surface area (Å²) < 4.78 is 27.7. The van der Waals surface area contributed by atoms with Crippen LogP contribution in [-0.4, -0.2) is 19.6 Å². The van der Waals surface area contributed by atoms with E-state index in [1.54, 1.807) is 13.0 Å². The van der Waals surface area contributed by atoms with E-state index in [0.717, 1.165) is 24.1 Å². The number of aryl methyl sites for hydroxylation is 1. The summed E-state index contributed by atoms with van der Waals surface area (Å²) in [6.07, 6.45) is 3.00. The summed E-state index contributed by atoms with van der Waals surface area (Å²) in [6.45, 7) is 5.87. The van der Waals surface area contributed by atoms with Crippen molar-refractivity contribution in [3.8, 4) is 0 Å². The summed E-state index contributed by atoms with van der Waals surface area (Å²) in [7, 11) is -3.49. The van der Waals surface area contributed by atoms with Crippen molar-refractivity contribution in [2.24, 2.45) is 5.41 Å². The smallest absolute Gasteiger partial charge is 0.241 e. The first kappa shape index (κ1) is 15.0. The number of nitrogens with one attached hydrogen (secondary N) is 1. The van der Waals surface area contributed by atoms with Gasteiger partial charge < -0.3 is 5.11 Å². The molecule has 1 aromatic heterocycles. The predicted octanol–water partition coefficient (Wildman–Crippen LogP) is 2.41. The van der Waals surface area contributed by atoms with E-state index >= 15 is 0 Å². The predicted molar refractivity (Wildman–Crippen MR) is 76.7 cm³/mol. The number of aliphatic hydroxyl groups is 1. The van der Waals surface area contributed by atoms with E-state index in [1.807, 2.05) is 0 Å². The average Bonchev–Trinajstić information content (AvgIpc) is 2.83. The van der Waals surface area contributed by atoms with Crippen LogP contribution in [0.15, 0.2) is 11.0 Å². The van der Waals surface area contributed by atoms with Gasteiger partial charge in [0, 0.05) is 15.8 Å². The zero-order valence-corrected chi connectivity index (χ0v) is 13.2. The van der Waals surface area contributed by atoms with Crippen LogP contribution in [0.5, 0.6) is 0 Å². The van der Waals surface area contributed by atoms with Crippen LogP contribution < -0.4 is 4.72 Å². The van der Waals surface area contributed by atoms with Crippen LogP contribution in [0.25, 0.3) is 0 Å². The molecule has 4 nitrogen and oxygen atoms in total. The lowest BCUT2D eigenvalue weighted by molar-refractivity contribution is 0.285. The largest absolute Gasteiger partial charge is 0.391 e. The van der Waals surface area contributed by atoms with E-state index in [0.29, 0.717) is 9.77 Å². The van der Waals surface area contributed by atoms with Crippen LogP contribution in [0.2, 0.25) is 0 Å². The van der Waals surface area contributed by atoms with Gasteiger partial charge >= 0.3 is 0 Å². The molecule has 0 aliphatic heterocycles. The van der Waals surface area contributed by atoms with Crippen LogP contribution >= 0.6 is 11.3 Å². The number of aliphatic hydroxyl groups excluding tert-OH is 1. The number of thiophene rings is 1. The van der Waals surface area contributed by atoms with Crippen molar-refractivity contribution in [3.63, 3.8) is 0 Å². The molecule has 1 aliphatic rings. The highest BCUT2D eigenvalue weighted by Gasteiger charge is 2.37. The van der Waals surface area contributed by atoms with Gasteiger partial charge in [-0.15, -0.1) is 11.3 Å². The Morgan fingerprint density at radius 1 is 1.53 bits per heavy atom. The van der Waals surface area contributed by atoms with Gasteiger partial charge in [0.15, 0.2) is 0 Å². The van der Waals surface area contributed by atoms with E-state index in [1.165, 1.54) is 11.3 Å². The van der Waals surface area contributed by atoms with Crippen molar-refractivity contribution in [2.45, 2.75) is 57.6 Å². The van der Waals surface area contributed by atoms with Gasteiger partial charge in [0.25, 0.3) is 0 Å². The Morgan fingerprint density at radius 2 is 2.21 bits per heavy atom. The highest BCUT2D eigenvalue weighted by Crippen LogP contribution is 2.38. The number of hydrogen-bond donors (Lipinski definition) is 2. The normalized spacial score (nSPS) is 22.8. The second-order valence-electron chi connectivity index (χ2n) is 5.85. The maximum atomic E-state index is 12.4. The minimum atomic E-state index is -3.49. The topological polar surface area (TPSA) is 66.4 Å². The Balaban J connectivity index is 2.25. The number of rotatable bonds is 4. The molecule has 0 aromatic carbocycles. The third kappa shape index (κ3) is 3.02. The van der Waals surface area contributed by atoms with Crippen molar-refractivity contribution >= 4 is 21.4 Å². The molecule has 0 radical (unpaired) electrons. The molecule has 2 rings (SSSR count). The van der Waals surface area contributed by atoms with Gasteiger partial charge in [-0.1, -0.05) is 20.3 Å². The maximum Gasteiger partial charge on any atom is 0.241 e. The van der Waals surface area contributed by atoms with Crippen molar-refractivity contribution in [1.29, 1.82) is 0 Å². The SMILES string of the molecule is Cc1sc(CO)cc1S(=O)(=O)NC1CCCC1(C)C. The van der Waals surface area contributed by atoms with Crippen LogP contribution in [-0.2, 0) is 16.6 Å². The van der Waals surface area contributed by atoms with Gasteiger partial charge in [-0.3, -0.25) is 0 Å². The van der Waals surface area contributed by atoms with E-state index in [-0.39, 0.29) is 18.1 Å². The van der Waals surface area contributed by atoms with Gasteiger partial charge in [0.1, 0.15) is 0 Å². The van der Waals surface area contributed by atoms with E-state index in [2.05, 4.69) is 18.6 Å². The van der Waals surface area contributed by atoms with Crippen molar-refractivity contribution < 1.29 is 13.5 Å². The molecular formula is C13H21NO3S2. The lowest BCUT2D eigenvalue weighted by Crippen LogP contribution is -2.41. The summed E-state index contributed by atoms with van der Waals surface area (Å²) in [5.41, 5.74) is 0.0107. The van der Waals surface area contributed by atoms with Crippen LogP contribution in [0.4, 0.5) is 0 Å². The molecule has 1 saturated carbocycles. The summed E-state index contributed by atoms with van der Waals surface area (Å²) in [4.78, 5) is 1.72. The molecular weight excluding hydrogens is 282 g/mol. The minimum Gasteiger partial charge on any atom is -0.391 e. The first-order valence-electron chi connectivity index (χ1n) is 6.49. The van der Waals surface area contributed by atoms with Gasteiger partial charge in [-0.25, -0.2) is 13.1 Å². The standard InChI is InChI=1S/C13H21NO3S2/c1-9-11(7-10(8-15)18-9)19(16,17)14-12-5-4-6-13(12,2)3/h7,12,14-15H,4-6,8H2,1-3H3. The second-order valence-corrected chi connectivity index (χ2v) is 8.87. The fourth-order valence-corrected chi connectivity index (χ4v) is 5.60. The molecule has 1 unspecified atom stereocenters. The van der Waals surface area contributed by atoms with E-state index in [9.17, 15) is 8.42 Å². The first-order chi connectivity index (χ1) is 8.76. The van der Waals surface area contributed by atoms with Crippen LogP contribution in [0.1, 0.15) is 42.9 Å². The van der Waals surface area contributed by atoms with E-state index < -0.39 is 10.0 Å². The third-order valence-corrected chi connectivity index (χ3v) is 6.69. The van der Waals surface area contributed by atoms with Gasteiger partial charge in [0.2, 0.25) is 10.0 Å². The molecule has 6 heteroatoms. The molecule has 2 N–H and O–H groups in total. The third-order valence-electron chi connectivity index (χ3n) is 3.92. The Labute approximate surface area is 118 Å². The molecule has 108 valence electrons.